The molecule has 0 amide bonds. The molecule has 5 heteroatoms. The Labute approximate surface area is 118 Å². The summed E-state index contributed by atoms with van der Waals surface area (Å²) in [6.07, 6.45) is 6.16. The average Bonchev–Trinajstić information content (AvgIpc) is 2.63. The van der Waals surface area contributed by atoms with Crippen molar-refractivity contribution in [2.75, 3.05) is 11.9 Å². The molecule has 0 bridgehead atoms. The molecule has 0 radical (unpaired) electrons. The van der Waals surface area contributed by atoms with Crippen molar-refractivity contribution in [1.29, 1.82) is 5.26 Å². The molecule has 1 aliphatic rings. The standard InChI is InChI=1S/C14H18ClN3O/c15-11-5-6-13(18-12(11)9-16)17-10-14(19)7-3-1-2-4-8-14/h5-6,19H,1-4,7-8,10H2,(H,17,18). The van der Waals surface area contributed by atoms with E-state index in [-0.39, 0.29) is 5.69 Å². The van der Waals surface area contributed by atoms with E-state index in [1.807, 2.05) is 6.07 Å². The van der Waals surface area contributed by atoms with Crippen molar-refractivity contribution in [1.82, 2.24) is 4.98 Å². The van der Waals surface area contributed by atoms with Gasteiger partial charge in [0.1, 0.15) is 11.9 Å². The van der Waals surface area contributed by atoms with Gasteiger partial charge in [-0.3, -0.25) is 0 Å². The van der Waals surface area contributed by atoms with Gasteiger partial charge in [-0.15, -0.1) is 0 Å². The number of pyridine rings is 1. The number of nitriles is 1. The van der Waals surface area contributed by atoms with E-state index in [4.69, 9.17) is 16.9 Å². The SMILES string of the molecule is N#Cc1nc(NCC2(O)CCCCCC2)ccc1Cl. The van der Waals surface area contributed by atoms with Crippen LogP contribution in [0, 0.1) is 11.3 Å². The third-order valence-electron chi connectivity index (χ3n) is 3.58. The molecule has 0 aromatic carbocycles. The summed E-state index contributed by atoms with van der Waals surface area (Å²) < 4.78 is 0. The summed E-state index contributed by atoms with van der Waals surface area (Å²) in [6, 6.07) is 5.32. The van der Waals surface area contributed by atoms with Crippen molar-refractivity contribution < 1.29 is 5.11 Å². The van der Waals surface area contributed by atoms with Crippen molar-refractivity contribution in [2.45, 2.75) is 44.1 Å². The summed E-state index contributed by atoms with van der Waals surface area (Å²) in [5.74, 6) is 0.582. The van der Waals surface area contributed by atoms with Gasteiger partial charge in [-0.25, -0.2) is 4.98 Å². The second kappa shape index (κ2) is 6.23. The highest BCUT2D eigenvalue weighted by atomic mass is 35.5. The van der Waals surface area contributed by atoms with E-state index in [0.717, 1.165) is 25.7 Å². The van der Waals surface area contributed by atoms with Crippen LogP contribution in [0.4, 0.5) is 5.82 Å². The minimum atomic E-state index is -0.662. The Balaban J connectivity index is 2.00. The summed E-state index contributed by atoms with van der Waals surface area (Å²) in [7, 11) is 0. The molecule has 102 valence electrons. The molecule has 1 aliphatic carbocycles. The zero-order valence-electron chi connectivity index (χ0n) is 10.8. The molecule has 4 nitrogen and oxygen atoms in total. The maximum absolute atomic E-state index is 10.5. The number of hydrogen-bond donors (Lipinski definition) is 2. The van der Waals surface area contributed by atoms with Crippen LogP contribution in [0.25, 0.3) is 0 Å². The third kappa shape index (κ3) is 3.82. The van der Waals surface area contributed by atoms with Gasteiger partial charge in [0.2, 0.25) is 0 Å². The van der Waals surface area contributed by atoms with E-state index >= 15 is 0 Å². The molecule has 19 heavy (non-hydrogen) atoms. The molecule has 0 saturated heterocycles. The van der Waals surface area contributed by atoms with Crippen LogP contribution >= 0.6 is 11.6 Å². The lowest BCUT2D eigenvalue weighted by Crippen LogP contribution is -2.36. The fourth-order valence-electron chi connectivity index (χ4n) is 2.44. The molecular weight excluding hydrogens is 262 g/mol. The molecular formula is C14H18ClN3O. The second-order valence-corrected chi connectivity index (χ2v) is 5.54. The van der Waals surface area contributed by atoms with E-state index in [9.17, 15) is 5.11 Å². The predicted octanol–water partition coefficient (Wildman–Crippen LogP) is 3.10. The number of aromatic nitrogens is 1. The number of nitrogens with one attached hydrogen (secondary N) is 1. The first-order chi connectivity index (χ1) is 9.13. The normalized spacial score (nSPS) is 18.4. The molecule has 1 fully saturated rings. The Morgan fingerprint density at radius 1 is 1.32 bits per heavy atom. The first kappa shape index (κ1) is 14.1. The fourth-order valence-corrected chi connectivity index (χ4v) is 2.59. The maximum Gasteiger partial charge on any atom is 0.161 e. The highest BCUT2D eigenvalue weighted by Crippen LogP contribution is 2.27. The van der Waals surface area contributed by atoms with Gasteiger partial charge in [-0.2, -0.15) is 5.26 Å². The molecule has 1 heterocycles. The predicted molar refractivity (Wildman–Crippen MR) is 75.1 cm³/mol. The molecule has 1 aromatic rings. The van der Waals surface area contributed by atoms with Gasteiger partial charge < -0.3 is 10.4 Å². The molecule has 2 N–H and O–H groups in total. The monoisotopic (exact) mass is 279 g/mol. The number of anilines is 1. The quantitative estimate of drug-likeness (QED) is 0.834. The highest BCUT2D eigenvalue weighted by Gasteiger charge is 2.27. The molecule has 1 saturated carbocycles. The van der Waals surface area contributed by atoms with Gasteiger partial charge in [0.15, 0.2) is 5.69 Å². The van der Waals surface area contributed by atoms with Crippen LogP contribution in [0.3, 0.4) is 0 Å². The minimum absolute atomic E-state index is 0.208. The third-order valence-corrected chi connectivity index (χ3v) is 3.89. The minimum Gasteiger partial charge on any atom is -0.388 e. The molecule has 0 unspecified atom stereocenters. The number of nitrogens with zero attached hydrogens (tertiary/aromatic N) is 2. The van der Waals surface area contributed by atoms with Crippen LogP contribution in [0.15, 0.2) is 12.1 Å². The topological polar surface area (TPSA) is 68.9 Å². The van der Waals surface area contributed by atoms with E-state index in [0.29, 0.717) is 17.4 Å². The van der Waals surface area contributed by atoms with Crippen molar-refractivity contribution in [3.05, 3.63) is 22.8 Å². The number of halogens is 1. The summed E-state index contributed by atoms with van der Waals surface area (Å²) in [4.78, 5) is 4.11. The average molecular weight is 280 g/mol. The summed E-state index contributed by atoms with van der Waals surface area (Å²) in [5.41, 5.74) is -0.454. The number of aliphatic hydroxyl groups is 1. The first-order valence-corrected chi connectivity index (χ1v) is 7.04. The zero-order valence-corrected chi connectivity index (χ0v) is 11.6. The van der Waals surface area contributed by atoms with Crippen LogP contribution in [0.2, 0.25) is 5.02 Å². The Morgan fingerprint density at radius 2 is 2.00 bits per heavy atom. The fraction of sp³-hybridized carbons (Fsp3) is 0.571. The van der Waals surface area contributed by atoms with Crippen LogP contribution in [-0.2, 0) is 0 Å². The second-order valence-electron chi connectivity index (χ2n) is 5.13. The first-order valence-electron chi connectivity index (χ1n) is 6.66. The van der Waals surface area contributed by atoms with Gasteiger partial charge in [0, 0.05) is 6.54 Å². The van der Waals surface area contributed by atoms with Gasteiger partial charge in [0.25, 0.3) is 0 Å². The van der Waals surface area contributed by atoms with E-state index in [2.05, 4.69) is 10.3 Å². The van der Waals surface area contributed by atoms with Gasteiger partial charge in [0.05, 0.1) is 10.6 Å². The van der Waals surface area contributed by atoms with Crippen molar-refractivity contribution in [3.63, 3.8) is 0 Å². The highest BCUT2D eigenvalue weighted by molar-refractivity contribution is 6.31. The smallest absolute Gasteiger partial charge is 0.161 e. The largest absolute Gasteiger partial charge is 0.388 e. The van der Waals surface area contributed by atoms with Crippen molar-refractivity contribution >= 4 is 17.4 Å². The molecule has 0 atom stereocenters. The van der Waals surface area contributed by atoms with Crippen LogP contribution in [0.5, 0.6) is 0 Å². The van der Waals surface area contributed by atoms with Gasteiger partial charge >= 0.3 is 0 Å². The Morgan fingerprint density at radius 3 is 2.63 bits per heavy atom. The van der Waals surface area contributed by atoms with Crippen LogP contribution in [0.1, 0.15) is 44.2 Å². The molecule has 0 aliphatic heterocycles. The number of hydrogen-bond acceptors (Lipinski definition) is 4. The lowest BCUT2D eigenvalue weighted by Gasteiger charge is -2.27. The summed E-state index contributed by atoms with van der Waals surface area (Å²) in [6.45, 7) is 0.465. The molecule has 1 aromatic heterocycles. The number of rotatable bonds is 3. The molecule has 0 spiro atoms. The van der Waals surface area contributed by atoms with Gasteiger partial charge in [-0.05, 0) is 25.0 Å². The molecule has 2 rings (SSSR count). The Bertz CT molecular complexity index is 476. The van der Waals surface area contributed by atoms with Crippen LogP contribution < -0.4 is 5.32 Å². The van der Waals surface area contributed by atoms with Crippen molar-refractivity contribution in [2.24, 2.45) is 0 Å². The lowest BCUT2D eigenvalue weighted by atomic mass is 9.94. The Hall–Kier alpha value is -1.31. The van der Waals surface area contributed by atoms with Gasteiger partial charge in [-0.1, -0.05) is 37.3 Å². The van der Waals surface area contributed by atoms with E-state index < -0.39 is 5.60 Å². The van der Waals surface area contributed by atoms with E-state index in [1.165, 1.54) is 12.8 Å². The summed E-state index contributed by atoms with van der Waals surface area (Å²) in [5, 5.41) is 22.8. The Kier molecular flexibility index (Phi) is 4.62. The van der Waals surface area contributed by atoms with Crippen molar-refractivity contribution in [3.8, 4) is 6.07 Å². The van der Waals surface area contributed by atoms with E-state index in [1.54, 1.807) is 12.1 Å². The summed E-state index contributed by atoms with van der Waals surface area (Å²) >= 11 is 5.83. The van der Waals surface area contributed by atoms with Crippen LogP contribution in [-0.4, -0.2) is 22.2 Å². The lowest BCUT2D eigenvalue weighted by molar-refractivity contribution is 0.0380. The maximum atomic E-state index is 10.5. The zero-order chi connectivity index (χ0) is 13.7.